The highest BCUT2D eigenvalue weighted by Gasteiger charge is 2.17. The van der Waals surface area contributed by atoms with E-state index in [1.807, 2.05) is 12.1 Å². The highest BCUT2D eigenvalue weighted by molar-refractivity contribution is 6.14. The van der Waals surface area contributed by atoms with Crippen molar-refractivity contribution in [1.82, 2.24) is 15.2 Å². The van der Waals surface area contributed by atoms with Crippen molar-refractivity contribution >= 4 is 27.9 Å². The van der Waals surface area contributed by atoms with Crippen LogP contribution in [0.15, 0.2) is 18.2 Å². The second kappa shape index (κ2) is 3.24. The number of hydrogen-bond acceptors (Lipinski definition) is 3. The molecule has 0 spiro atoms. The molecule has 0 fully saturated rings. The first-order chi connectivity index (χ1) is 8.20. The molecule has 3 rings (SSSR count). The maximum atomic E-state index is 11.1. The predicted octanol–water partition coefficient (Wildman–Crippen LogP) is 1.75. The predicted molar refractivity (Wildman–Crippen MR) is 61.5 cm³/mol. The van der Waals surface area contributed by atoms with Crippen LogP contribution in [0.25, 0.3) is 21.9 Å². The molecule has 17 heavy (non-hydrogen) atoms. The number of ether oxygens (including phenoxy) is 1. The summed E-state index contributed by atoms with van der Waals surface area (Å²) in [5.41, 5.74) is 1.45. The molecule has 0 saturated carbocycles. The van der Waals surface area contributed by atoms with Gasteiger partial charge in [0, 0.05) is 10.9 Å². The number of benzene rings is 1. The molecule has 86 valence electrons. The molecular formula is C11H9N3O3. The second-order valence-corrected chi connectivity index (χ2v) is 3.66. The van der Waals surface area contributed by atoms with Crippen LogP contribution in [0.3, 0.4) is 0 Å². The molecule has 0 aliphatic heterocycles. The summed E-state index contributed by atoms with van der Waals surface area (Å²) in [6.45, 7) is 0. The van der Waals surface area contributed by atoms with Crippen molar-refractivity contribution in [3.8, 4) is 5.75 Å². The SMILES string of the molecule is COc1ccc2[nH]c3n[nH]c(C(=O)O)c3c2c1. The van der Waals surface area contributed by atoms with Gasteiger partial charge in [0.05, 0.1) is 12.5 Å². The van der Waals surface area contributed by atoms with E-state index in [4.69, 9.17) is 9.84 Å². The average molecular weight is 231 g/mol. The minimum Gasteiger partial charge on any atom is -0.497 e. The number of aromatic carboxylic acids is 1. The number of methoxy groups -OCH3 is 1. The molecule has 0 saturated heterocycles. The Labute approximate surface area is 95.2 Å². The molecule has 3 aromatic rings. The fourth-order valence-electron chi connectivity index (χ4n) is 1.94. The van der Waals surface area contributed by atoms with Crippen LogP contribution in [-0.2, 0) is 0 Å². The van der Waals surface area contributed by atoms with Crippen molar-refractivity contribution in [2.45, 2.75) is 0 Å². The number of carboxylic acid groups (broad SMARTS) is 1. The molecular weight excluding hydrogens is 222 g/mol. The van der Waals surface area contributed by atoms with Gasteiger partial charge >= 0.3 is 5.97 Å². The van der Waals surface area contributed by atoms with Crippen molar-refractivity contribution in [3.63, 3.8) is 0 Å². The van der Waals surface area contributed by atoms with E-state index in [-0.39, 0.29) is 5.69 Å². The number of aromatic nitrogens is 3. The van der Waals surface area contributed by atoms with Gasteiger partial charge in [-0.25, -0.2) is 4.79 Å². The lowest BCUT2D eigenvalue weighted by Crippen LogP contribution is -1.96. The van der Waals surface area contributed by atoms with Gasteiger partial charge in [0.1, 0.15) is 5.75 Å². The van der Waals surface area contributed by atoms with Gasteiger partial charge in [-0.05, 0) is 18.2 Å². The summed E-state index contributed by atoms with van der Waals surface area (Å²) < 4.78 is 5.13. The zero-order valence-corrected chi connectivity index (χ0v) is 8.94. The number of aromatic amines is 2. The third kappa shape index (κ3) is 1.27. The van der Waals surface area contributed by atoms with Gasteiger partial charge in [-0.2, -0.15) is 5.10 Å². The first kappa shape index (κ1) is 9.71. The van der Waals surface area contributed by atoms with E-state index in [0.717, 1.165) is 10.9 Å². The zero-order valence-electron chi connectivity index (χ0n) is 8.94. The molecule has 2 heterocycles. The van der Waals surface area contributed by atoms with Crippen molar-refractivity contribution in [2.75, 3.05) is 7.11 Å². The Balaban J connectivity index is 2.44. The van der Waals surface area contributed by atoms with E-state index < -0.39 is 5.97 Å². The molecule has 0 atom stereocenters. The molecule has 1 aromatic carbocycles. The standard InChI is InChI=1S/C11H9N3O3/c1-17-5-2-3-7-6(4-5)8-9(11(15)16)13-14-10(8)12-7/h2-4H,1H3,(H,15,16)(H2,12,13,14). The van der Waals surface area contributed by atoms with Crippen LogP contribution >= 0.6 is 0 Å². The van der Waals surface area contributed by atoms with Crippen LogP contribution in [-0.4, -0.2) is 33.4 Å². The lowest BCUT2D eigenvalue weighted by atomic mass is 10.1. The third-order valence-electron chi connectivity index (χ3n) is 2.73. The second-order valence-electron chi connectivity index (χ2n) is 3.66. The fraction of sp³-hybridized carbons (Fsp3) is 0.0909. The monoisotopic (exact) mass is 231 g/mol. The number of nitrogens with zero attached hydrogens (tertiary/aromatic N) is 1. The molecule has 0 bridgehead atoms. The molecule has 3 N–H and O–H groups in total. The Bertz CT molecular complexity index is 726. The highest BCUT2D eigenvalue weighted by Crippen LogP contribution is 2.29. The summed E-state index contributed by atoms with van der Waals surface area (Å²) in [6.07, 6.45) is 0. The lowest BCUT2D eigenvalue weighted by Gasteiger charge is -1.98. The quantitative estimate of drug-likeness (QED) is 0.626. The molecule has 2 aromatic heterocycles. The van der Waals surface area contributed by atoms with Gasteiger partial charge < -0.3 is 14.8 Å². The van der Waals surface area contributed by atoms with Gasteiger partial charge in [-0.15, -0.1) is 0 Å². The first-order valence-corrected chi connectivity index (χ1v) is 4.98. The van der Waals surface area contributed by atoms with Crippen molar-refractivity contribution in [1.29, 1.82) is 0 Å². The third-order valence-corrected chi connectivity index (χ3v) is 2.73. The van der Waals surface area contributed by atoms with Gasteiger partial charge in [-0.1, -0.05) is 0 Å². The van der Waals surface area contributed by atoms with E-state index in [0.29, 0.717) is 16.8 Å². The van der Waals surface area contributed by atoms with E-state index >= 15 is 0 Å². The van der Waals surface area contributed by atoms with Gasteiger partial charge in [0.15, 0.2) is 11.3 Å². The topological polar surface area (TPSA) is 91.0 Å². The Morgan fingerprint density at radius 2 is 2.29 bits per heavy atom. The number of nitrogens with one attached hydrogen (secondary N) is 2. The Morgan fingerprint density at radius 1 is 1.47 bits per heavy atom. The lowest BCUT2D eigenvalue weighted by molar-refractivity contribution is 0.0692. The van der Waals surface area contributed by atoms with Crippen LogP contribution in [0.4, 0.5) is 0 Å². The van der Waals surface area contributed by atoms with E-state index in [1.54, 1.807) is 13.2 Å². The molecule has 0 amide bonds. The summed E-state index contributed by atoms with van der Waals surface area (Å²) in [7, 11) is 1.57. The van der Waals surface area contributed by atoms with Crippen molar-refractivity contribution in [3.05, 3.63) is 23.9 Å². The average Bonchev–Trinajstić information content (AvgIpc) is 2.86. The van der Waals surface area contributed by atoms with Crippen LogP contribution in [0.1, 0.15) is 10.5 Å². The minimum absolute atomic E-state index is 0.0829. The smallest absolute Gasteiger partial charge is 0.354 e. The zero-order chi connectivity index (χ0) is 12.0. The normalized spacial score (nSPS) is 11.1. The minimum atomic E-state index is -1.03. The van der Waals surface area contributed by atoms with Crippen LogP contribution in [0.2, 0.25) is 0 Å². The summed E-state index contributed by atoms with van der Waals surface area (Å²) in [6, 6.07) is 5.43. The van der Waals surface area contributed by atoms with Crippen molar-refractivity contribution < 1.29 is 14.6 Å². The number of fused-ring (bicyclic) bond motifs is 3. The highest BCUT2D eigenvalue weighted by atomic mass is 16.5. The summed E-state index contributed by atoms with van der Waals surface area (Å²) >= 11 is 0. The molecule has 0 unspecified atom stereocenters. The number of hydrogen-bond donors (Lipinski definition) is 3. The number of carbonyl (C=O) groups is 1. The van der Waals surface area contributed by atoms with Crippen LogP contribution in [0, 0.1) is 0 Å². The molecule has 0 aliphatic carbocycles. The van der Waals surface area contributed by atoms with E-state index in [9.17, 15) is 4.79 Å². The van der Waals surface area contributed by atoms with E-state index in [1.165, 1.54) is 0 Å². The van der Waals surface area contributed by atoms with Gasteiger partial charge in [0.2, 0.25) is 0 Å². The molecule has 0 aliphatic rings. The number of carboxylic acids is 1. The van der Waals surface area contributed by atoms with Crippen LogP contribution < -0.4 is 4.74 Å². The van der Waals surface area contributed by atoms with Gasteiger partial charge in [0.25, 0.3) is 0 Å². The maximum Gasteiger partial charge on any atom is 0.354 e. The summed E-state index contributed by atoms with van der Waals surface area (Å²) in [5.74, 6) is -0.354. The summed E-state index contributed by atoms with van der Waals surface area (Å²) in [5, 5.41) is 16.8. The van der Waals surface area contributed by atoms with Gasteiger partial charge in [-0.3, -0.25) is 5.10 Å². The number of rotatable bonds is 2. The maximum absolute atomic E-state index is 11.1. The first-order valence-electron chi connectivity index (χ1n) is 4.98. The molecule has 0 radical (unpaired) electrons. The summed E-state index contributed by atoms with van der Waals surface area (Å²) in [4.78, 5) is 14.1. The molecule has 6 nitrogen and oxygen atoms in total. The van der Waals surface area contributed by atoms with Crippen molar-refractivity contribution in [2.24, 2.45) is 0 Å². The largest absolute Gasteiger partial charge is 0.497 e. The van der Waals surface area contributed by atoms with E-state index in [2.05, 4.69) is 15.2 Å². The Morgan fingerprint density at radius 3 is 3.00 bits per heavy atom. The molecule has 6 heteroatoms. The fourth-order valence-corrected chi connectivity index (χ4v) is 1.94. The Kier molecular flexibility index (Phi) is 1.85. The Hall–Kier alpha value is -2.50. The van der Waals surface area contributed by atoms with Crippen LogP contribution in [0.5, 0.6) is 5.75 Å². The number of H-pyrrole nitrogens is 2.